The number of ether oxygens (including phenoxy) is 3. The third-order valence-electron chi connectivity index (χ3n) is 14.4. The zero-order valence-electron chi connectivity index (χ0n) is 53.5. The molecule has 0 bridgehead atoms. The molecule has 0 radical (unpaired) electrons. The largest absolute Gasteiger partial charge is 0.462 e. The van der Waals surface area contributed by atoms with E-state index in [1.54, 1.807) is 0 Å². The van der Waals surface area contributed by atoms with Gasteiger partial charge in [0.2, 0.25) is 0 Å². The predicted octanol–water partition coefficient (Wildman–Crippen LogP) is 23.7. The Morgan fingerprint density at radius 3 is 0.756 bits per heavy atom. The van der Waals surface area contributed by atoms with E-state index in [4.69, 9.17) is 14.2 Å². The van der Waals surface area contributed by atoms with Gasteiger partial charge < -0.3 is 14.2 Å². The number of rotatable bonds is 61. The molecule has 0 saturated heterocycles. The summed E-state index contributed by atoms with van der Waals surface area (Å²) in [6.45, 7) is 6.50. The lowest BCUT2D eigenvalue weighted by Crippen LogP contribution is -2.30. The van der Waals surface area contributed by atoms with Gasteiger partial charge in [0.05, 0.1) is 0 Å². The molecule has 0 aromatic carbocycles. The maximum absolute atomic E-state index is 12.9. The second-order valence-electron chi connectivity index (χ2n) is 22.4. The third kappa shape index (κ3) is 66.4. The van der Waals surface area contributed by atoms with E-state index in [0.717, 1.165) is 148 Å². The molecule has 82 heavy (non-hydrogen) atoms. The first-order valence-corrected chi connectivity index (χ1v) is 34.2. The van der Waals surface area contributed by atoms with E-state index in [0.29, 0.717) is 19.3 Å². The van der Waals surface area contributed by atoms with Gasteiger partial charge in [-0.15, -0.1) is 0 Å². The molecule has 0 aromatic rings. The summed E-state index contributed by atoms with van der Waals surface area (Å²) in [5, 5.41) is 0. The van der Waals surface area contributed by atoms with Gasteiger partial charge in [-0.3, -0.25) is 14.4 Å². The molecule has 0 aliphatic rings. The van der Waals surface area contributed by atoms with Crippen molar-refractivity contribution in [2.45, 2.75) is 316 Å². The Morgan fingerprint density at radius 1 is 0.256 bits per heavy atom. The highest BCUT2D eigenvalue weighted by Crippen LogP contribution is 2.16. The Labute approximate surface area is 506 Å². The number of unbranched alkanes of at least 4 members (excludes halogenated alkanes) is 28. The third-order valence-corrected chi connectivity index (χ3v) is 14.4. The zero-order chi connectivity index (χ0) is 59.2. The average molecular weight is 1140 g/mol. The fourth-order valence-corrected chi connectivity index (χ4v) is 9.29. The van der Waals surface area contributed by atoms with Gasteiger partial charge in [-0.2, -0.15) is 0 Å². The van der Waals surface area contributed by atoms with E-state index < -0.39 is 6.10 Å². The van der Waals surface area contributed by atoms with Gasteiger partial charge in [-0.25, -0.2) is 0 Å². The molecular formula is C76H126O6. The topological polar surface area (TPSA) is 78.9 Å². The molecule has 0 aliphatic heterocycles. The number of carbonyl (C=O) groups is 3. The van der Waals surface area contributed by atoms with Crippen LogP contribution in [0.25, 0.3) is 0 Å². The minimum Gasteiger partial charge on any atom is -0.462 e. The van der Waals surface area contributed by atoms with E-state index in [2.05, 4.69) is 154 Å². The molecule has 6 heteroatoms. The molecule has 0 rings (SSSR count). The molecule has 0 aromatic heterocycles. The molecular weight excluding hydrogens is 1010 g/mol. The minimum atomic E-state index is -0.793. The Kier molecular flexibility index (Phi) is 65.3. The van der Waals surface area contributed by atoms with Crippen LogP contribution in [0.5, 0.6) is 0 Å². The molecule has 0 heterocycles. The molecule has 0 fully saturated rings. The van der Waals surface area contributed by atoms with E-state index >= 15 is 0 Å². The Bertz CT molecular complexity index is 1730. The van der Waals surface area contributed by atoms with E-state index in [9.17, 15) is 14.4 Å². The molecule has 0 spiro atoms. The summed E-state index contributed by atoms with van der Waals surface area (Å²) >= 11 is 0. The fraction of sp³-hybridized carbons (Fsp3) is 0.671. The fourth-order valence-electron chi connectivity index (χ4n) is 9.29. The van der Waals surface area contributed by atoms with Crippen molar-refractivity contribution in [2.75, 3.05) is 13.2 Å². The van der Waals surface area contributed by atoms with Gasteiger partial charge in [-0.05, 0) is 122 Å². The first-order chi connectivity index (χ1) is 40.5. The summed E-state index contributed by atoms with van der Waals surface area (Å²) in [6, 6.07) is 0. The summed E-state index contributed by atoms with van der Waals surface area (Å²) in [5.74, 6) is -0.906. The SMILES string of the molecule is CC/C=C\C/C=C\C/C=C\C/C=C\C/C=C\C/C=C\C/C=C\C/C=C\C/C=C\CCCCCCCCCC(=O)OCC(COC(=O)CCCCCCCCCCCCCCC)OC(=O)CCCCCCC/C=C\C/C=C\CCCCCC. The lowest BCUT2D eigenvalue weighted by atomic mass is 10.0. The monoisotopic (exact) mass is 1130 g/mol. The van der Waals surface area contributed by atoms with Crippen molar-refractivity contribution in [3.05, 3.63) is 134 Å². The van der Waals surface area contributed by atoms with Crippen LogP contribution < -0.4 is 0 Å². The number of carbonyl (C=O) groups excluding carboxylic acids is 3. The molecule has 1 unspecified atom stereocenters. The van der Waals surface area contributed by atoms with Crippen LogP contribution in [-0.2, 0) is 28.6 Å². The maximum Gasteiger partial charge on any atom is 0.306 e. The Hall–Kier alpha value is -4.45. The average Bonchev–Trinajstić information content (AvgIpc) is 3.47. The number of hydrogen-bond acceptors (Lipinski definition) is 6. The first kappa shape index (κ1) is 77.5. The smallest absolute Gasteiger partial charge is 0.306 e. The number of allylic oxidation sites excluding steroid dienone is 22. The summed E-state index contributed by atoms with van der Waals surface area (Å²) in [6.07, 6.45) is 97.5. The van der Waals surface area contributed by atoms with Gasteiger partial charge in [-0.1, -0.05) is 302 Å². The first-order valence-electron chi connectivity index (χ1n) is 34.2. The molecule has 6 nitrogen and oxygen atoms in total. The molecule has 466 valence electrons. The molecule has 0 aliphatic carbocycles. The molecule has 1 atom stereocenters. The molecule has 0 amide bonds. The predicted molar refractivity (Wildman–Crippen MR) is 357 cm³/mol. The number of esters is 3. The molecule has 0 N–H and O–H groups in total. The normalized spacial score (nSPS) is 13.0. The van der Waals surface area contributed by atoms with Crippen LogP contribution in [0.4, 0.5) is 0 Å². The van der Waals surface area contributed by atoms with Crippen LogP contribution in [0.1, 0.15) is 310 Å². The van der Waals surface area contributed by atoms with Crippen LogP contribution >= 0.6 is 0 Å². The summed E-state index contributed by atoms with van der Waals surface area (Å²) in [7, 11) is 0. The highest BCUT2D eigenvalue weighted by Gasteiger charge is 2.19. The van der Waals surface area contributed by atoms with Gasteiger partial charge >= 0.3 is 17.9 Å². The lowest BCUT2D eigenvalue weighted by Gasteiger charge is -2.18. The van der Waals surface area contributed by atoms with Crippen LogP contribution in [-0.4, -0.2) is 37.2 Å². The van der Waals surface area contributed by atoms with Crippen molar-refractivity contribution in [1.82, 2.24) is 0 Å². The number of hydrogen-bond donors (Lipinski definition) is 0. The van der Waals surface area contributed by atoms with Gasteiger partial charge in [0, 0.05) is 19.3 Å². The van der Waals surface area contributed by atoms with Crippen molar-refractivity contribution >= 4 is 17.9 Å². The van der Waals surface area contributed by atoms with Crippen molar-refractivity contribution < 1.29 is 28.6 Å². The zero-order valence-corrected chi connectivity index (χ0v) is 53.5. The Balaban J connectivity index is 4.28. The van der Waals surface area contributed by atoms with Gasteiger partial charge in [0.25, 0.3) is 0 Å². The molecule has 0 saturated carbocycles. The van der Waals surface area contributed by atoms with Crippen LogP contribution in [0.15, 0.2) is 134 Å². The second-order valence-corrected chi connectivity index (χ2v) is 22.4. The minimum absolute atomic E-state index is 0.0868. The van der Waals surface area contributed by atoms with E-state index in [1.807, 2.05) is 0 Å². The van der Waals surface area contributed by atoms with Crippen molar-refractivity contribution in [3.8, 4) is 0 Å². The van der Waals surface area contributed by atoms with Crippen LogP contribution in [0, 0.1) is 0 Å². The summed E-state index contributed by atoms with van der Waals surface area (Å²) in [4.78, 5) is 38.3. The van der Waals surface area contributed by atoms with Crippen molar-refractivity contribution in [3.63, 3.8) is 0 Å². The highest BCUT2D eigenvalue weighted by molar-refractivity contribution is 5.71. The van der Waals surface area contributed by atoms with Gasteiger partial charge in [0.1, 0.15) is 13.2 Å². The van der Waals surface area contributed by atoms with E-state index in [-0.39, 0.29) is 31.1 Å². The second kappa shape index (κ2) is 69.0. The lowest BCUT2D eigenvalue weighted by molar-refractivity contribution is -0.167. The summed E-state index contributed by atoms with van der Waals surface area (Å²) < 4.78 is 16.9. The Morgan fingerprint density at radius 2 is 0.476 bits per heavy atom. The quantitative estimate of drug-likeness (QED) is 0.0261. The standard InChI is InChI=1S/C76H126O6/c1-4-7-10-13-16-19-22-25-27-29-30-31-32-33-34-35-36-37-38-39-40-41-42-43-44-45-46-47-49-51-54-57-60-63-66-69-75(78)81-72-73(71-80-74(77)68-65-62-59-56-53-50-24-21-18-15-12-9-6-3)82-76(79)70-67-64-61-58-55-52-48-28-26-23-20-17-14-11-8-5-2/h7,10,16,19-20,23,25,27-28,30-31,33-34,36-37,39-40,42-43,45-46,48,73H,4-6,8-9,11-15,17-18,21-22,24,26,29,32,35,38,41,44,47,49-72H2,1-3H3/b10-7-,19-16-,23-20-,27-25-,31-30-,34-33-,37-36-,40-39-,43-42-,46-45-,48-28-. The maximum atomic E-state index is 12.9. The van der Waals surface area contributed by atoms with Crippen molar-refractivity contribution in [1.29, 1.82) is 0 Å². The van der Waals surface area contributed by atoms with Crippen LogP contribution in [0.2, 0.25) is 0 Å². The highest BCUT2D eigenvalue weighted by atomic mass is 16.6. The van der Waals surface area contributed by atoms with E-state index in [1.165, 1.54) is 122 Å². The van der Waals surface area contributed by atoms with Crippen LogP contribution in [0.3, 0.4) is 0 Å². The summed E-state index contributed by atoms with van der Waals surface area (Å²) in [5.41, 5.74) is 0. The van der Waals surface area contributed by atoms with Crippen molar-refractivity contribution in [2.24, 2.45) is 0 Å². The van der Waals surface area contributed by atoms with Gasteiger partial charge in [0.15, 0.2) is 6.10 Å².